The van der Waals surface area contributed by atoms with Crippen LogP contribution < -0.4 is 11.0 Å². The van der Waals surface area contributed by atoms with E-state index in [1.54, 1.807) is 29.8 Å². The molecule has 1 amide bonds. The van der Waals surface area contributed by atoms with Gasteiger partial charge >= 0.3 is 5.69 Å². The highest BCUT2D eigenvalue weighted by Gasteiger charge is 2.22. The van der Waals surface area contributed by atoms with E-state index in [0.29, 0.717) is 28.4 Å². The Kier molecular flexibility index (Phi) is 4.94. The van der Waals surface area contributed by atoms with Crippen LogP contribution in [0.5, 0.6) is 0 Å². The lowest BCUT2D eigenvalue weighted by molar-refractivity contribution is -0.115. The second kappa shape index (κ2) is 7.53. The SMILES string of the molecule is CC(Sc1nnnn1CC1CCCO1)C(=O)Nc1ccc2[nH]c(=O)[nH]c2c1. The number of nitrogens with one attached hydrogen (secondary N) is 3. The number of aromatic amines is 2. The molecule has 142 valence electrons. The van der Waals surface area contributed by atoms with E-state index >= 15 is 0 Å². The van der Waals surface area contributed by atoms with Crippen LogP contribution >= 0.6 is 11.8 Å². The zero-order valence-electron chi connectivity index (χ0n) is 14.6. The standard InChI is InChI=1S/C16H19N7O3S/c1-9(27-16-20-21-22-23(16)8-11-3-2-6-26-11)14(24)17-10-4-5-12-13(7-10)19-15(25)18-12/h4-5,7,9,11H,2-3,6,8H2,1H3,(H,17,24)(H2,18,19,25). The third-order valence-electron chi connectivity index (χ3n) is 4.33. The van der Waals surface area contributed by atoms with Crippen molar-refractivity contribution in [2.45, 2.75) is 42.8 Å². The number of carbonyl (C=O) groups excluding carboxylic acids is 1. The molecular weight excluding hydrogens is 370 g/mol. The molecule has 0 aliphatic carbocycles. The highest BCUT2D eigenvalue weighted by molar-refractivity contribution is 8.00. The summed E-state index contributed by atoms with van der Waals surface area (Å²) in [5, 5.41) is 14.8. The number of carbonyl (C=O) groups is 1. The number of imidazole rings is 1. The van der Waals surface area contributed by atoms with Gasteiger partial charge in [0.05, 0.1) is 28.9 Å². The fraction of sp³-hybridized carbons (Fsp3) is 0.438. The van der Waals surface area contributed by atoms with Crippen molar-refractivity contribution in [2.75, 3.05) is 11.9 Å². The summed E-state index contributed by atoms with van der Waals surface area (Å²) < 4.78 is 7.30. The van der Waals surface area contributed by atoms with Gasteiger partial charge in [-0.25, -0.2) is 9.48 Å². The summed E-state index contributed by atoms with van der Waals surface area (Å²) in [5.41, 5.74) is 1.65. The number of hydrogen-bond donors (Lipinski definition) is 3. The molecule has 0 radical (unpaired) electrons. The molecule has 2 atom stereocenters. The van der Waals surface area contributed by atoms with Gasteiger partial charge in [-0.05, 0) is 48.4 Å². The average Bonchev–Trinajstić information content (AvgIpc) is 3.36. The third kappa shape index (κ3) is 4.03. The van der Waals surface area contributed by atoms with Gasteiger partial charge in [0.2, 0.25) is 11.1 Å². The van der Waals surface area contributed by atoms with Crippen LogP contribution in [0.2, 0.25) is 0 Å². The lowest BCUT2D eigenvalue weighted by Gasteiger charge is -2.13. The highest BCUT2D eigenvalue weighted by atomic mass is 32.2. The van der Waals surface area contributed by atoms with E-state index in [-0.39, 0.29) is 17.7 Å². The zero-order valence-corrected chi connectivity index (χ0v) is 15.5. The second-order valence-corrected chi connectivity index (χ2v) is 7.68. The number of H-pyrrole nitrogens is 2. The minimum absolute atomic E-state index is 0.118. The monoisotopic (exact) mass is 389 g/mol. The quantitative estimate of drug-likeness (QED) is 0.539. The van der Waals surface area contributed by atoms with E-state index in [2.05, 4.69) is 30.8 Å². The number of fused-ring (bicyclic) bond motifs is 1. The van der Waals surface area contributed by atoms with Crippen molar-refractivity contribution < 1.29 is 9.53 Å². The molecule has 0 saturated carbocycles. The predicted molar refractivity (Wildman–Crippen MR) is 99.7 cm³/mol. The molecule has 3 N–H and O–H groups in total. The molecule has 3 heterocycles. The number of ether oxygens (including phenoxy) is 1. The molecule has 4 rings (SSSR count). The number of nitrogens with zero attached hydrogens (tertiary/aromatic N) is 4. The van der Waals surface area contributed by atoms with Crippen LogP contribution in [0.25, 0.3) is 11.0 Å². The third-order valence-corrected chi connectivity index (χ3v) is 5.41. The minimum atomic E-state index is -0.403. The topological polar surface area (TPSA) is 131 Å². The molecule has 3 aromatic rings. The van der Waals surface area contributed by atoms with E-state index < -0.39 is 5.25 Å². The largest absolute Gasteiger partial charge is 0.376 e. The molecule has 1 aromatic carbocycles. The van der Waals surface area contributed by atoms with Gasteiger partial charge in [-0.15, -0.1) is 5.10 Å². The van der Waals surface area contributed by atoms with Crippen molar-refractivity contribution in [1.82, 2.24) is 30.2 Å². The van der Waals surface area contributed by atoms with Crippen molar-refractivity contribution >= 4 is 34.4 Å². The van der Waals surface area contributed by atoms with Crippen molar-refractivity contribution in [3.8, 4) is 0 Å². The Balaban J connectivity index is 1.40. The summed E-state index contributed by atoms with van der Waals surface area (Å²) in [5.74, 6) is -0.177. The maximum atomic E-state index is 12.5. The Labute approximate surface area is 158 Å². The van der Waals surface area contributed by atoms with E-state index in [1.807, 2.05) is 0 Å². The Morgan fingerprint density at radius 1 is 1.44 bits per heavy atom. The second-order valence-electron chi connectivity index (χ2n) is 6.37. The number of anilines is 1. The molecule has 27 heavy (non-hydrogen) atoms. The van der Waals surface area contributed by atoms with Crippen molar-refractivity contribution in [1.29, 1.82) is 0 Å². The van der Waals surface area contributed by atoms with E-state index in [9.17, 15) is 9.59 Å². The number of rotatable bonds is 6. The first-order valence-electron chi connectivity index (χ1n) is 8.66. The molecule has 11 heteroatoms. The van der Waals surface area contributed by atoms with Crippen LogP contribution in [0.3, 0.4) is 0 Å². The fourth-order valence-electron chi connectivity index (χ4n) is 2.94. The smallest absolute Gasteiger partial charge is 0.323 e. The highest BCUT2D eigenvalue weighted by Crippen LogP contribution is 2.24. The molecule has 0 bridgehead atoms. The molecule has 1 fully saturated rings. The number of thioether (sulfide) groups is 1. The first-order valence-corrected chi connectivity index (χ1v) is 9.54. The van der Waals surface area contributed by atoms with Crippen LogP contribution in [-0.2, 0) is 16.1 Å². The maximum absolute atomic E-state index is 12.5. The fourth-order valence-corrected chi connectivity index (χ4v) is 3.74. The van der Waals surface area contributed by atoms with Gasteiger partial charge in [-0.3, -0.25) is 4.79 Å². The number of hydrogen-bond acceptors (Lipinski definition) is 7. The molecular formula is C16H19N7O3S. The van der Waals surface area contributed by atoms with E-state index in [0.717, 1.165) is 19.4 Å². The Bertz CT molecular complexity index is 1000. The van der Waals surface area contributed by atoms with Crippen molar-refractivity contribution in [3.05, 3.63) is 28.7 Å². The zero-order chi connectivity index (χ0) is 18.8. The van der Waals surface area contributed by atoms with E-state index in [1.165, 1.54) is 11.8 Å². The number of tetrazole rings is 1. The number of benzene rings is 1. The predicted octanol–water partition coefficient (Wildman–Crippen LogP) is 1.14. The lowest BCUT2D eigenvalue weighted by Crippen LogP contribution is -2.23. The van der Waals surface area contributed by atoms with Gasteiger partial charge in [0.1, 0.15) is 0 Å². The molecule has 2 aromatic heterocycles. The summed E-state index contributed by atoms with van der Waals surface area (Å²) in [6.07, 6.45) is 2.15. The van der Waals surface area contributed by atoms with Crippen LogP contribution in [0.4, 0.5) is 5.69 Å². The van der Waals surface area contributed by atoms with Gasteiger partial charge in [0.25, 0.3) is 0 Å². The Morgan fingerprint density at radius 3 is 3.11 bits per heavy atom. The van der Waals surface area contributed by atoms with Crippen LogP contribution in [-0.4, -0.2) is 54.0 Å². The van der Waals surface area contributed by atoms with Gasteiger partial charge in [0, 0.05) is 12.3 Å². The van der Waals surface area contributed by atoms with Crippen LogP contribution in [0.15, 0.2) is 28.2 Å². The molecule has 0 spiro atoms. The number of amides is 1. The lowest BCUT2D eigenvalue weighted by atomic mass is 10.2. The van der Waals surface area contributed by atoms with Gasteiger partial charge < -0.3 is 20.0 Å². The Morgan fingerprint density at radius 2 is 2.30 bits per heavy atom. The van der Waals surface area contributed by atoms with Gasteiger partial charge in [0.15, 0.2) is 0 Å². The average molecular weight is 389 g/mol. The summed E-state index contributed by atoms with van der Waals surface area (Å²) in [6, 6.07) is 5.19. The molecule has 2 unspecified atom stereocenters. The van der Waals surface area contributed by atoms with Gasteiger partial charge in [-0.2, -0.15) is 0 Å². The molecule has 1 saturated heterocycles. The van der Waals surface area contributed by atoms with Crippen LogP contribution in [0.1, 0.15) is 19.8 Å². The first kappa shape index (κ1) is 17.7. The Hall–Kier alpha value is -2.66. The summed E-state index contributed by atoms with van der Waals surface area (Å²) in [7, 11) is 0. The van der Waals surface area contributed by atoms with Crippen molar-refractivity contribution in [2.24, 2.45) is 0 Å². The minimum Gasteiger partial charge on any atom is -0.376 e. The molecule has 1 aliphatic heterocycles. The van der Waals surface area contributed by atoms with Crippen LogP contribution in [0, 0.1) is 0 Å². The first-order chi connectivity index (χ1) is 13.1. The van der Waals surface area contributed by atoms with E-state index in [4.69, 9.17) is 4.74 Å². The van der Waals surface area contributed by atoms with Crippen molar-refractivity contribution in [3.63, 3.8) is 0 Å². The normalized spacial score (nSPS) is 18.0. The molecule has 1 aliphatic rings. The molecule has 10 nitrogen and oxygen atoms in total. The van der Waals surface area contributed by atoms with Gasteiger partial charge in [-0.1, -0.05) is 11.8 Å². The summed E-state index contributed by atoms with van der Waals surface area (Å²) >= 11 is 1.29. The number of aromatic nitrogens is 6. The maximum Gasteiger partial charge on any atom is 0.323 e. The summed E-state index contributed by atoms with van der Waals surface area (Å²) in [6.45, 7) is 3.15. The summed E-state index contributed by atoms with van der Waals surface area (Å²) in [4.78, 5) is 29.2.